The Kier molecular flexibility index (Phi) is 4.85. The Bertz CT molecular complexity index is 831. The lowest BCUT2D eigenvalue weighted by atomic mass is 10.1. The highest BCUT2D eigenvalue weighted by Gasteiger charge is 2.33. The molecule has 0 saturated carbocycles. The van der Waals surface area contributed by atoms with Crippen LogP contribution in [0, 0.1) is 0 Å². The van der Waals surface area contributed by atoms with Crippen molar-refractivity contribution < 1.29 is 17.6 Å². The summed E-state index contributed by atoms with van der Waals surface area (Å²) in [6.45, 7) is 0.380. The van der Waals surface area contributed by atoms with Crippen LogP contribution in [0.1, 0.15) is 17.0 Å². The van der Waals surface area contributed by atoms with Crippen LogP contribution in [0.25, 0.3) is 11.5 Å². The largest absolute Gasteiger partial charge is 0.419 e. The van der Waals surface area contributed by atoms with Crippen LogP contribution >= 0.6 is 0 Å². The van der Waals surface area contributed by atoms with Gasteiger partial charge in [0.25, 0.3) is 0 Å². The van der Waals surface area contributed by atoms with Gasteiger partial charge in [-0.05, 0) is 30.8 Å². The van der Waals surface area contributed by atoms with Crippen molar-refractivity contribution in [3.8, 4) is 11.5 Å². The molecule has 7 heteroatoms. The molecule has 0 amide bonds. The van der Waals surface area contributed by atoms with Gasteiger partial charge in [-0.1, -0.05) is 36.4 Å². The fourth-order valence-electron chi connectivity index (χ4n) is 2.53. The molecule has 1 aromatic heterocycles. The fraction of sp³-hybridized carbons (Fsp3) is 0.222. The van der Waals surface area contributed by atoms with Gasteiger partial charge in [-0.3, -0.25) is 4.90 Å². The molecule has 1 heterocycles. The minimum atomic E-state index is -4.37. The summed E-state index contributed by atoms with van der Waals surface area (Å²) in [5.41, 5.74) is 0.379. The van der Waals surface area contributed by atoms with Crippen LogP contribution in [0.3, 0.4) is 0 Å². The van der Waals surface area contributed by atoms with Gasteiger partial charge < -0.3 is 4.42 Å². The predicted molar refractivity (Wildman–Crippen MR) is 86.3 cm³/mol. The summed E-state index contributed by atoms with van der Waals surface area (Å²) in [7, 11) is 1.71. The number of alkyl halides is 3. The second-order valence-corrected chi connectivity index (χ2v) is 5.69. The van der Waals surface area contributed by atoms with Gasteiger partial charge in [-0.2, -0.15) is 13.2 Å². The summed E-state index contributed by atoms with van der Waals surface area (Å²) in [6.07, 6.45) is -4.37. The molecular weight excluding hydrogens is 331 g/mol. The molecule has 25 heavy (non-hydrogen) atoms. The van der Waals surface area contributed by atoms with Gasteiger partial charge in [-0.25, -0.2) is 0 Å². The molecule has 3 aromatic rings. The van der Waals surface area contributed by atoms with Crippen LogP contribution < -0.4 is 0 Å². The highest BCUT2D eigenvalue weighted by atomic mass is 19.4. The highest BCUT2D eigenvalue weighted by molar-refractivity contribution is 5.51. The van der Waals surface area contributed by atoms with Crippen molar-refractivity contribution in [2.45, 2.75) is 19.3 Å². The van der Waals surface area contributed by atoms with Gasteiger partial charge in [0, 0.05) is 12.1 Å². The lowest BCUT2D eigenvalue weighted by molar-refractivity contribution is -0.138. The zero-order valence-electron chi connectivity index (χ0n) is 13.5. The Labute approximate surface area is 142 Å². The summed E-state index contributed by atoms with van der Waals surface area (Å²) in [6, 6.07) is 14.8. The molecule has 0 aliphatic heterocycles. The van der Waals surface area contributed by atoms with E-state index in [2.05, 4.69) is 10.2 Å². The normalized spacial score (nSPS) is 11.9. The first-order valence-electron chi connectivity index (χ1n) is 7.65. The second-order valence-electron chi connectivity index (χ2n) is 5.69. The second kappa shape index (κ2) is 7.06. The molecule has 0 aliphatic rings. The lowest BCUT2D eigenvalue weighted by Gasteiger charge is -2.18. The Hall–Kier alpha value is -2.67. The van der Waals surface area contributed by atoms with E-state index in [1.165, 1.54) is 12.1 Å². The Morgan fingerprint density at radius 2 is 1.60 bits per heavy atom. The number of halogens is 3. The van der Waals surface area contributed by atoms with E-state index in [4.69, 9.17) is 4.42 Å². The molecule has 0 radical (unpaired) electrons. The standard InChI is InChI=1S/C18H16F3N3O/c1-24(11-14-9-5-6-10-15(14)18(19,20)21)12-16-22-23-17(25-16)13-7-3-2-4-8-13/h2-10H,11-12H2,1H3. The van der Waals surface area contributed by atoms with Crippen LogP contribution in [-0.2, 0) is 19.3 Å². The number of benzene rings is 2. The number of rotatable bonds is 5. The smallest absolute Gasteiger partial charge is 0.416 e. The maximum Gasteiger partial charge on any atom is 0.416 e. The molecule has 0 saturated heterocycles. The van der Waals surface area contributed by atoms with E-state index in [0.29, 0.717) is 11.8 Å². The van der Waals surface area contributed by atoms with Crippen molar-refractivity contribution in [1.29, 1.82) is 0 Å². The third-order valence-corrected chi connectivity index (χ3v) is 3.66. The average molecular weight is 347 g/mol. The minimum Gasteiger partial charge on any atom is -0.419 e. The van der Waals surface area contributed by atoms with Gasteiger partial charge in [0.1, 0.15) is 0 Å². The first kappa shape index (κ1) is 17.2. The third kappa shape index (κ3) is 4.24. The highest BCUT2D eigenvalue weighted by Crippen LogP contribution is 2.32. The SMILES string of the molecule is CN(Cc1nnc(-c2ccccc2)o1)Cc1ccccc1C(F)(F)F. The zero-order valence-corrected chi connectivity index (χ0v) is 13.5. The van der Waals surface area contributed by atoms with Crippen molar-refractivity contribution in [2.75, 3.05) is 7.05 Å². The van der Waals surface area contributed by atoms with E-state index in [1.54, 1.807) is 18.0 Å². The van der Waals surface area contributed by atoms with E-state index in [0.717, 1.165) is 11.6 Å². The van der Waals surface area contributed by atoms with Crippen molar-refractivity contribution in [1.82, 2.24) is 15.1 Å². The van der Waals surface area contributed by atoms with Crippen molar-refractivity contribution in [3.05, 3.63) is 71.6 Å². The molecule has 4 nitrogen and oxygen atoms in total. The van der Waals surface area contributed by atoms with Crippen molar-refractivity contribution >= 4 is 0 Å². The number of hydrogen-bond acceptors (Lipinski definition) is 4. The van der Waals surface area contributed by atoms with Gasteiger partial charge in [0.2, 0.25) is 11.8 Å². The molecule has 3 rings (SSSR count). The molecule has 0 fully saturated rings. The van der Waals surface area contributed by atoms with Gasteiger partial charge >= 0.3 is 6.18 Å². The van der Waals surface area contributed by atoms with E-state index in [1.807, 2.05) is 30.3 Å². The molecular formula is C18H16F3N3O. The van der Waals surface area contributed by atoms with E-state index < -0.39 is 11.7 Å². The third-order valence-electron chi connectivity index (χ3n) is 3.66. The van der Waals surface area contributed by atoms with Crippen LogP contribution in [-0.4, -0.2) is 22.1 Å². The maximum absolute atomic E-state index is 13.1. The molecule has 0 unspecified atom stereocenters. The first-order valence-corrected chi connectivity index (χ1v) is 7.65. The van der Waals surface area contributed by atoms with Gasteiger partial charge in [0.05, 0.1) is 12.1 Å². The maximum atomic E-state index is 13.1. The Balaban J connectivity index is 1.70. The molecule has 0 aliphatic carbocycles. The summed E-state index contributed by atoms with van der Waals surface area (Å²) < 4.78 is 44.8. The Morgan fingerprint density at radius 3 is 2.32 bits per heavy atom. The molecule has 0 spiro atoms. The fourth-order valence-corrected chi connectivity index (χ4v) is 2.53. The molecule has 130 valence electrons. The Morgan fingerprint density at radius 1 is 0.920 bits per heavy atom. The van der Waals surface area contributed by atoms with Crippen LogP contribution in [0.2, 0.25) is 0 Å². The summed E-state index contributed by atoms with van der Waals surface area (Å²) in [5.74, 6) is 0.741. The van der Waals surface area contributed by atoms with Crippen LogP contribution in [0.4, 0.5) is 13.2 Å². The van der Waals surface area contributed by atoms with Crippen LogP contribution in [0.5, 0.6) is 0 Å². The molecule has 0 atom stereocenters. The van der Waals surface area contributed by atoms with Gasteiger partial charge in [-0.15, -0.1) is 10.2 Å². The monoisotopic (exact) mass is 347 g/mol. The lowest BCUT2D eigenvalue weighted by Crippen LogP contribution is -2.20. The topological polar surface area (TPSA) is 42.2 Å². The number of hydrogen-bond donors (Lipinski definition) is 0. The van der Waals surface area contributed by atoms with Gasteiger partial charge in [0.15, 0.2) is 0 Å². The number of nitrogens with zero attached hydrogens (tertiary/aromatic N) is 3. The average Bonchev–Trinajstić information content (AvgIpc) is 3.03. The summed E-state index contributed by atoms with van der Waals surface area (Å²) in [5, 5.41) is 7.94. The van der Waals surface area contributed by atoms with Crippen molar-refractivity contribution in [3.63, 3.8) is 0 Å². The molecule has 0 bridgehead atoms. The number of aromatic nitrogens is 2. The van der Waals surface area contributed by atoms with E-state index in [9.17, 15) is 13.2 Å². The molecule has 2 aromatic carbocycles. The quantitative estimate of drug-likeness (QED) is 0.687. The molecule has 0 N–H and O–H groups in total. The zero-order chi connectivity index (χ0) is 17.9. The van der Waals surface area contributed by atoms with E-state index >= 15 is 0 Å². The minimum absolute atomic E-state index is 0.124. The first-order chi connectivity index (χ1) is 11.9. The van der Waals surface area contributed by atoms with E-state index in [-0.39, 0.29) is 18.7 Å². The summed E-state index contributed by atoms with van der Waals surface area (Å²) >= 11 is 0. The summed E-state index contributed by atoms with van der Waals surface area (Å²) in [4.78, 5) is 1.70. The van der Waals surface area contributed by atoms with Crippen LogP contribution in [0.15, 0.2) is 59.0 Å². The van der Waals surface area contributed by atoms with Crippen molar-refractivity contribution in [2.24, 2.45) is 0 Å². The predicted octanol–water partition coefficient (Wildman–Crippen LogP) is 4.39.